The van der Waals surface area contributed by atoms with Crippen LogP contribution in [0.3, 0.4) is 0 Å². The third-order valence-electron chi connectivity index (χ3n) is 3.92. The van der Waals surface area contributed by atoms with Crippen molar-refractivity contribution in [1.29, 1.82) is 0 Å². The Labute approximate surface area is 122 Å². The van der Waals surface area contributed by atoms with Crippen molar-refractivity contribution >= 4 is 33.3 Å². The van der Waals surface area contributed by atoms with Gasteiger partial charge in [0, 0.05) is 21.0 Å². The van der Waals surface area contributed by atoms with E-state index in [9.17, 15) is 4.79 Å². The predicted octanol–water partition coefficient (Wildman–Crippen LogP) is 5.50. The molecule has 0 N–H and O–H groups in total. The number of hydrogen-bond acceptors (Lipinski definition) is 1. The zero-order valence-corrected chi connectivity index (χ0v) is 12.9. The first-order valence-electron chi connectivity index (χ1n) is 6.62. The summed E-state index contributed by atoms with van der Waals surface area (Å²) in [5, 5.41) is 0.622. The Morgan fingerprint density at radius 2 is 2.06 bits per heavy atom. The summed E-state index contributed by atoms with van der Waals surface area (Å²) in [7, 11) is 0. The van der Waals surface area contributed by atoms with Crippen molar-refractivity contribution in [1.82, 2.24) is 0 Å². The Kier molecular flexibility index (Phi) is 4.85. The third kappa shape index (κ3) is 3.16. The van der Waals surface area contributed by atoms with Crippen LogP contribution in [0.1, 0.15) is 49.4 Å². The average molecular weight is 330 g/mol. The summed E-state index contributed by atoms with van der Waals surface area (Å²) in [5.41, 5.74) is 0.750. The lowest BCUT2D eigenvalue weighted by Gasteiger charge is -2.29. The van der Waals surface area contributed by atoms with E-state index in [2.05, 4.69) is 22.9 Å². The van der Waals surface area contributed by atoms with Crippen molar-refractivity contribution in [3.8, 4) is 0 Å². The minimum absolute atomic E-state index is 0.189. The zero-order valence-electron chi connectivity index (χ0n) is 10.6. The van der Waals surface area contributed by atoms with E-state index in [1.54, 1.807) is 6.07 Å². The molecule has 0 spiro atoms. The van der Waals surface area contributed by atoms with Crippen LogP contribution in [0.15, 0.2) is 22.7 Å². The Morgan fingerprint density at radius 1 is 1.33 bits per heavy atom. The Morgan fingerprint density at radius 3 is 2.72 bits per heavy atom. The van der Waals surface area contributed by atoms with Crippen LogP contribution in [-0.4, -0.2) is 5.78 Å². The second kappa shape index (κ2) is 6.21. The first-order chi connectivity index (χ1) is 8.61. The lowest BCUT2D eigenvalue weighted by molar-refractivity contribution is 0.0820. The van der Waals surface area contributed by atoms with Crippen LogP contribution in [0.25, 0.3) is 0 Å². The molecule has 2 rings (SSSR count). The fourth-order valence-corrected chi connectivity index (χ4v) is 3.81. The Bertz CT molecular complexity index is 424. The highest BCUT2D eigenvalue weighted by molar-refractivity contribution is 9.10. The SMILES string of the molecule is CCC1CCCCC1C(=O)c1cc(Cl)cc(Br)c1. The van der Waals surface area contributed by atoms with E-state index < -0.39 is 0 Å². The van der Waals surface area contributed by atoms with Crippen LogP contribution in [0.4, 0.5) is 0 Å². The number of benzene rings is 1. The van der Waals surface area contributed by atoms with Gasteiger partial charge in [0.15, 0.2) is 5.78 Å². The maximum absolute atomic E-state index is 12.6. The molecule has 0 aromatic heterocycles. The number of halogens is 2. The molecule has 2 atom stereocenters. The molecule has 18 heavy (non-hydrogen) atoms. The summed E-state index contributed by atoms with van der Waals surface area (Å²) < 4.78 is 0.877. The normalized spacial score (nSPS) is 23.9. The van der Waals surface area contributed by atoms with Gasteiger partial charge in [-0.05, 0) is 37.0 Å². The molecule has 0 bridgehead atoms. The van der Waals surface area contributed by atoms with Crippen LogP contribution in [0.2, 0.25) is 5.02 Å². The molecule has 0 heterocycles. The highest BCUT2D eigenvalue weighted by Crippen LogP contribution is 2.35. The first kappa shape index (κ1) is 14.1. The predicted molar refractivity (Wildman–Crippen MR) is 79.2 cm³/mol. The van der Waals surface area contributed by atoms with Crippen LogP contribution >= 0.6 is 27.5 Å². The smallest absolute Gasteiger partial charge is 0.166 e. The largest absolute Gasteiger partial charge is 0.294 e. The van der Waals surface area contributed by atoms with Gasteiger partial charge in [0.25, 0.3) is 0 Å². The minimum atomic E-state index is 0.189. The fraction of sp³-hybridized carbons (Fsp3) is 0.533. The zero-order chi connectivity index (χ0) is 13.1. The van der Waals surface area contributed by atoms with Gasteiger partial charge in [-0.2, -0.15) is 0 Å². The number of rotatable bonds is 3. The molecule has 1 aliphatic rings. The van der Waals surface area contributed by atoms with Crippen LogP contribution in [0, 0.1) is 11.8 Å². The van der Waals surface area contributed by atoms with E-state index in [0.29, 0.717) is 10.9 Å². The van der Waals surface area contributed by atoms with Gasteiger partial charge in [0.1, 0.15) is 0 Å². The molecule has 1 nitrogen and oxygen atoms in total. The second-order valence-electron chi connectivity index (χ2n) is 5.08. The Balaban J connectivity index is 2.23. The van der Waals surface area contributed by atoms with E-state index in [1.807, 2.05) is 12.1 Å². The lowest BCUT2D eigenvalue weighted by atomic mass is 9.74. The molecule has 1 aromatic carbocycles. The van der Waals surface area contributed by atoms with Crippen molar-refractivity contribution in [2.75, 3.05) is 0 Å². The highest BCUT2D eigenvalue weighted by atomic mass is 79.9. The van der Waals surface area contributed by atoms with Crippen molar-refractivity contribution in [3.63, 3.8) is 0 Å². The van der Waals surface area contributed by atoms with Gasteiger partial charge in [-0.1, -0.05) is 53.7 Å². The van der Waals surface area contributed by atoms with Gasteiger partial charge in [0.2, 0.25) is 0 Å². The van der Waals surface area contributed by atoms with Crippen LogP contribution in [-0.2, 0) is 0 Å². The van der Waals surface area contributed by atoms with E-state index in [4.69, 9.17) is 11.6 Å². The molecule has 3 heteroatoms. The number of carbonyl (C=O) groups excluding carboxylic acids is 1. The lowest BCUT2D eigenvalue weighted by Crippen LogP contribution is -2.27. The number of hydrogen-bond donors (Lipinski definition) is 0. The molecule has 0 amide bonds. The highest BCUT2D eigenvalue weighted by Gasteiger charge is 2.30. The topological polar surface area (TPSA) is 17.1 Å². The van der Waals surface area contributed by atoms with Crippen molar-refractivity contribution < 1.29 is 4.79 Å². The van der Waals surface area contributed by atoms with Gasteiger partial charge < -0.3 is 0 Å². The summed E-state index contributed by atoms with van der Waals surface area (Å²) in [5.74, 6) is 1.00. The fourth-order valence-electron chi connectivity index (χ4n) is 2.95. The molecule has 0 radical (unpaired) electrons. The van der Waals surface area contributed by atoms with Gasteiger partial charge in [0.05, 0.1) is 0 Å². The number of ketones is 1. The van der Waals surface area contributed by atoms with Gasteiger partial charge in [-0.3, -0.25) is 4.79 Å². The molecule has 1 fully saturated rings. The second-order valence-corrected chi connectivity index (χ2v) is 6.43. The van der Waals surface area contributed by atoms with Gasteiger partial charge in [-0.25, -0.2) is 0 Å². The molecular weight excluding hydrogens is 312 g/mol. The van der Waals surface area contributed by atoms with E-state index in [-0.39, 0.29) is 11.7 Å². The van der Waals surface area contributed by atoms with E-state index in [0.717, 1.165) is 22.9 Å². The quantitative estimate of drug-likeness (QED) is 0.669. The van der Waals surface area contributed by atoms with Gasteiger partial charge in [-0.15, -0.1) is 0 Å². The molecule has 1 aromatic rings. The maximum atomic E-state index is 12.6. The molecule has 2 unspecified atom stereocenters. The standard InChI is InChI=1S/C15H18BrClO/c1-2-10-5-3-4-6-14(10)15(18)11-7-12(16)9-13(17)8-11/h7-10,14H,2-6H2,1H3. The number of Topliss-reactive ketones (excluding diaryl/α,β-unsaturated/α-hetero) is 1. The van der Waals surface area contributed by atoms with Crippen molar-refractivity contribution in [2.45, 2.75) is 39.0 Å². The average Bonchev–Trinajstić information content (AvgIpc) is 2.36. The molecule has 0 aliphatic heterocycles. The van der Waals surface area contributed by atoms with E-state index in [1.165, 1.54) is 19.3 Å². The van der Waals surface area contributed by atoms with Crippen LogP contribution in [0.5, 0.6) is 0 Å². The van der Waals surface area contributed by atoms with Crippen molar-refractivity contribution in [2.24, 2.45) is 11.8 Å². The number of carbonyl (C=O) groups is 1. The summed E-state index contributed by atoms with van der Waals surface area (Å²) in [6, 6.07) is 5.49. The first-order valence-corrected chi connectivity index (χ1v) is 7.79. The Hall–Kier alpha value is -0.340. The van der Waals surface area contributed by atoms with E-state index >= 15 is 0 Å². The van der Waals surface area contributed by atoms with Crippen molar-refractivity contribution in [3.05, 3.63) is 33.3 Å². The molecule has 1 saturated carbocycles. The molecular formula is C15H18BrClO. The molecule has 1 aliphatic carbocycles. The summed E-state index contributed by atoms with van der Waals surface area (Å²) >= 11 is 9.42. The third-order valence-corrected chi connectivity index (χ3v) is 4.59. The maximum Gasteiger partial charge on any atom is 0.166 e. The summed E-state index contributed by atoms with van der Waals surface area (Å²) in [6.45, 7) is 2.18. The minimum Gasteiger partial charge on any atom is -0.294 e. The van der Waals surface area contributed by atoms with Crippen LogP contribution < -0.4 is 0 Å². The molecule has 0 saturated heterocycles. The monoisotopic (exact) mass is 328 g/mol. The summed E-state index contributed by atoms with van der Waals surface area (Å²) in [6.07, 6.45) is 5.75. The van der Waals surface area contributed by atoms with Gasteiger partial charge >= 0.3 is 0 Å². The summed E-state index contributed by atoms with van der Waals surface area (Å²) in [4.78, 5) is 12.6. The molecule has 98 valence electrons.